The van der Waals surface area contributed by atoms with Gasteiger partial charge in [-0.1, -0.05) is 98.6 Å². The van der Waals surface area contributed by atoms with E-state index in [2.05, 4.69) is 49.4 Å². The molecule has 0 fully saturated rings. The standard InChI is InChI=1S/C25H25NO/c1-2-3-18-25(21-14-8-5-9-15-21)22-16-10-11-17-23(22)26(24(25)27)19-20-12-6-4-7-13-20/h4-17H,2-3,18-19H2,1H3. The van der Waals surface area contributed by atoms with Crippen LogP contribution in [0, 0.1) is 0 Å². The summed E-state index contributed by atoms with van der Waals surface area (Å²) in [4.78, 5) is 15.9. The number of anilines is 1. The zero-order valence-corrected chi connectivity index (χ0v) is 15.8. The first-order chi connectivity index (χ1) is 13.3. The molecule has 0 aromatic heterocycles. The van der Waals surface area contributed by atoms with Crippen molar-refractivity contribution in [2.75, 3.05) is 4.90 Å². The van der Waals surface area contributed by atoms with Crippen molar-refractivity contribution in [1.82, 2.24) is 0 Å². The van der Waals surface area contributed by atoms with Gasteiger partial charge < -0.3 is 4.90 Å². The first-order valence-corrected chi connectivity index (χ1v) is 9.78. The number of carbonyl (C=O) groups is 1. The fourth-order valence-electron chi connectivity index (χ4n) is 4.28. The van der Waals surface area contributed by atoms with Crippen LogP contribution < -0.4 is 4.90 Å². The first-order valence-electron chi connectivity index (χ1n) is 9.78. The van der Waals surface area contributed by atoms with Crippen molar-refractivity contribution in [3.8, 4) is 0 Å². The van der Waals surface area contributed by atoms with E-state index in [1.807, 2.05) is 47.4 Å². The monoisotopic (exact) mass is 355 g/mol. The molecule has 0 radical (unpaired) electrons. The van der Waals surface area contributed by atoms with Crippen LogP contribution in [-0.4, -0.2) is 5.91 Å². The highest BCUT2D eigenvalue weighted by atomic mass is 16.2. The highest BCUT2D eigenvalue weighted by molar-refractivity contribution is 6.10. The molecule has 136 valence electrons. The number of carbonyl (C=O) groups excluding carboxylic acids is 1. The summed E-state index contributed by atoms with van der Waals surface area (Å²) in [5.41, 5.74) is 3.87. The molecule has 0 saturated heterocycles. The Morgan fingerprint density at radius 1 is 0.815 bits per heavy atom. The van der Waals surface area contributed by atoms with Gasteiger partial charge in [0.25, 0.3) is 0 Å². The molecule has 0 bridgehead atoms. The van der Waals surface area contributed by atoms with Crippen molar-refractivity contribution in [1.29, 1.82) is 0 Å². The van der Waals surface area contributed by atoms with Crippen LogP contribution in [0.15, 0.2) is 84.9 Å². The Kier molecular flexibility index (Phi) is 4.81. The van der Waals surface area contributed by atoms with Gasteiger partial charge in [-0.05, 0) is 29.2 Å². The van der Waals surface area contributed by atoms with Crippen LogP contribution in [0.4, 0.5) is 5.69 Å². The Balaban J connectivity index is 1.85. The molecule has 0 aliphatic carbocycles. The molecular formula is C25H25NO. The lowest BCUT2D eigenvalue weighted by atomic mass is 9.72. The van der Waals surface area contributed by atoms with E-state index in [4.69, 9.17) is 0 Å². The molecule has 4 rings (SSSR count). The Labute approximate surface area is 161 Å². The van der Waals surface area contributed by atoms with Crippen LogP contribution in [0.1, 0.15) is 42.9 Å². The van der Waals surface area contributed by atoms with E-state index in [1.165, 1.54) is 0 Å². The maximum absolute atomic E-state index is 13.9. The van der Waals surface area contributed by atoms with Crippen LogP contribution in [0.25, 0.3) is 0 Å². The van der Waals surface area contributed by atoms with Gasteiger partial charge in [0.1, 0.15) is 5.41 Å². The maximum Gasteiger partial charge on any atom is 0.242 e. The molecule has 1 amide bonds. The van der Waals surface area contributed by atoms with Gasteiger partial charge in [-0.3, -0.25) is 4.79 Å². The SMILES string of the molecule is CCCCC1(c2ccccc2)C(=O)N(Cc2ccccc2)c2ccccc21. The Bertz CT molecular complexity index is 919. The lowest BCUT2D eigenvalue weighted by molar-refractivity contribution is -0.122. The van der Waals surface area contributed by atoms with Crippen molar-refractivity contribution in [2.45, 2.75) is 38.1 Å². The van der Waals surface area contributed by atoms with E-state index >= 15 is 0 Å². The molecule has 1 unspecified atom stereocenters. The summed E-state index contributed by atoms with van der Waals surface area (Å²) in [6, 6.07) is 28.9. The van der Waals surface area contributed by atoms with Crippen molar-refractivity contribution in [3.63, 3.8) is 0 Å². The molecule has 1 aliphatic rings. The summed E-state index contributed by atoms with van der Waals surface area (Å²) in [6.45, 7) is 2.79. The van der Waals surface area contributed by atoms with E-state index in [-0.39, 0.29) is 5.91 Å². The summed E-state index contributed by atoms with van der Waals surface area (Å²) >= 11 is 0. The van der Waals surface area contributed by atoms with Crippen molar-refractivity contribution >= 4 is 11.6 Å². The molecule has 1 heterocycles. The molecule has 3 aromatic rings. The van der Waals surface area contributed by atoms with E-state index in [1.54, 1.807) is 0 Å². The second-order valence-electron chi connectivity index (χ2n) is 7.27. The number of amides is 1. The topological polar surface area (TPSA) is 20.3 Å². The summed E-state index contributed by atoms with van der Waals surface area (Å²) in [5.74, 6) is 0.201. The van der Waals surface area contributed by atoms with Crippen molar-refractivity contribution in [2.24, 2.45) is 0 Å². The van der Waals surface area contributed by atoms with Crippen LogP contribution in [0.3, 0.4) is 0 Å². The van der Waals surface area contributed by atoms with Crippen LogP contribution in [0.2, 0.25) is 0 Å². The lowest BCUT2D eigenvalue weighted by Gasteiger charge is -2.29. The van der Waals surface area contributed by atoms with Gasteiger partial charge in [-0.2, -0.15) is 0 Å². The second kappa shape index (κ2) is 7.40. The minimum Gasteiger partial charge on any atom is -0.307 e. The average molecular weight is 355 g/mol. The quantitative estimate of drug-likeness (QED) is 0.554. The fraction of sp³-hybridized carbons (Fsp3) is 0.240. The highest BCUT2D eigenvalue weighted by Gasteiger charge is 2.51. The van der Waals surface area contributed by atoms with E-state index in [0.29, 0.717) is 6.54 Å². The first kappa shape index (κ1) is 17.5. The minimum absolute atomic E-state index is 0.201. The molecule has 2 heteroatoms. The van der Waals surface area contributed by atoms with Gasteiger partial charge in [-0.15, -0.1) is 0 Å². The van der Waals surface area contributed by atoms with Crippen LogP contribution in [-0.2, 0) is 16.8 Å². The highest BCUT2D eigenvalue weighted by Crippen LogP contribution is 2.49. The molecule has 0 spiro atoms. The number of hydrogen-bond acceptors (Lipinski definition) is 1. The molecule has 3 aromatic carbocycles. The molecule has 2 nitrogen and oxygen atoms in total. The van der Waals surface area contributed by atoms with E-state index in [9.17, 15) is 4.79 Å². The van der Waals surface area contributed by atoms with Gasteiger partial charge in [0.05, 0.1) is 6.54 Å². The number of unbranched alkanes of at least 4 members (excludes halogenated alkanes) is 1. The largest absolute Gasteiger partial charge is 0.307 e. The van der Waals surface area contributed by atoms with Gasteiger partial charge in [-0.25, -0.2) is 0 Å². The number of benzene rings is 3. The zero-order chi connectivity index (χ0) is 18.7. The van der Waals surface area contributed by atoms with Gasteiger partial charge in [0.15, 0.2) is 0 Å². The summed E-state index contributed by atoms with van der Waals surface area (Å²) in [6.07, 6.45) is 2.94. The van der Waals surface area contributed by atoms with Crippen molar-refractivity contribution in [3.05, 3.63) is 102 Å². The number of para-hydroxylation sites is 1. The van der Waals surface area contributed by atoms with Crippen molar-refractivity contribution < 1.29 is 4.79 Å². The maximum atomic E-state index is 13.9. The third kappa shape index (κ3) is 2.95. The van der Waals surface area contributed by atoms with Gasteiger partial charge in [0.2, 0.25) is 5.91 Å². The molecule has 0 saturated carbocycles. The molecule has 0 N–H and O–H groups in total. The molecule has 1 atom stereocenters. The lowest BCUT2D eigenvalue weighted by Crippen LogP contribution is -2.41. The van der Waals surface area contributed by atoms with Crippen LogP contribution in [0.5, 0.6) is 0 Å². The number of rotatable bonds is 6. The zero-order valence-electron chi connectivity index (χ0n) is 15.8. The Morgan fingerprint density at radius 3 is 2.15 bits per heavy atom. The Morgan fingerprint density at radius 2 is 1.44 bits per heavy atom. The fourth-order valence-corrected chi connectivity index (χ4v) is 4.28. The van der Waals surface area contributed by atoms with E-state index < -0.39 is 5.41 Å². The molecule has 27 heavy (non-hydrogen) atoms. The second-order valence-corrected chi connectivity index (χ2v) is 7.27. The number of hydrogen-bond donors (Lipinski definition) is 0. The number of fused-ring (bicyclic) bond motifs is 1. The van der Waals surface area contributed by atoms with Crippen LogP contribution >= 0.6 is 0 Å². The predicted molar refractivity (Wildman–Crippen MR) is 111 cm³/mol. The average Bonchev–Trinajstić information content (AvgIpc) is 2.97. The minimum atomic E-state index is -0.581. The predicted octanol–water partition coefficient (Wildman–Crippen LogP) is 5.71. The Hall–Kier alpha value is -2.87. The summed E-state index contributed by atoms with van der Waals surface area (Å²) in [7, 11) is 0. The third-order valence-corrected chi connectivity index (χ3v) is 5.62. The smallest absolute Gasteiger partial charge is 0.242 e. The van der Waals surface area contributed by atoms with E-state index in [0.717, 1.165) is 41.6 Å². The molecule has 1 aliphatic heterocycles. The number of nitrogens with zero attached hydrogens (tertiary/aromatic N) is 1. The summed E-state index contributed by atoms with van der Waals surface area (Å²) < 4.78 is 0. The van der Waals surface area contributed by atoms with Gasteiger partial charge in [0, 0.05) is 5.69 Å². The summed E-state index contributed by atoms with van der Waals surface area (Å²) in [5, 5.41) is 0. The van der Waals surface area contributed by atoms with Gasteiger partial charge >= 0.3 is 0 Å². The normalized spacial score (nSPS) is 18.6. The third-order valence-electron chi connectivity index (χ3n) is 5.62. The molecular weight excluding hydrogens is 330 g/mol.